The Morgan fingerprint density at radius 1 is 1.02 bits per heavy atom. The molecule has 2 N–H and O–H groups in total. The lowest BCUT2D eigenvalue weighted by Gasteiger charge is -2.27. The molecule has 2 amide bonds. The molecule has 12 heteroatoms. The molecule has 0 aliphatic heterocycles. The summed E-state index contributed by atoms with van der Waals surface area (Å²) >= 11 is 0. The Hall–Kier alpha value is -5.39. The molecular weight excluding hydrogens is 570 g/mol. The van der Waals surface area contributed by atoms with Crippen LogP contribution in [0.1, 0.15) is 41.4 Å². The number of carbonyl (C=O) groups is 2. The van der Waals surface area contributed by atoms with Crippen molar-refractivity contribution in [1.29, 1.82) is 0 Å². The van der Waals surface area contributed by atoms with Crippen molar-refractivity contribution < 1.29 is 27.8 Å². The Morgan fingerprint density at radius 2 is 1.86 bits per heavy atom. The Labute approximate surface area is 252 Å². The van der Waals surface area contributed by atoms with Crippen LogP contribution in [0.2, 0.25) is 0 Å². The van der Waals surface area contributed by atoms with Crippen LogP contribution in [0.4, 0.5) is 8.78 Å². The summed E-state index contributed by atoms with van der Waals surface area (Å²) < 4.78 is 40.4. The zero-order valence-electron chi connectivity index (χ0n) is 24.2. The van der Waals surface area contributed by atoms with E-state index >= 15 is 0 Å². The molecule has 0 radical (unpaired) electrons. The van der Waals surface area contributed by atoms with E-state index in [0.29, 0.717) is 41.9 Å². The number of hydrogen-bond donors (Lipinski definition) is 2. The fraction of sp³-hybridized carbons (Fsp3) is 0.219. The predicted molar refractivity (Wildman–Crippen MR) is 159 cm³/mol. The highest BCUT2D eigenvalue weighted by molar-refractivity contribution is 5.95. The maximum absolute atomic E-state index is 13.6. The second-order valence-electron chi connectivity index (χ2n) is 10.2. The van der Waals surface area contributed by atoms with Gasteiger partial charge in [-0.2, -0.15) is 13.9 Å². The molecule has 44 heavy (non-hydrogen) atoms. The van der Waals surface area contributed by atoms with E-state index in [1.165, 1.54) is 13.3 Å². The molecule has 1 unspecified atom stereocenters. The zero-order valence-corrected chi connectivity index (χ0v) is 24.2. The SMILES string of the molecule is COc1ccc([C@@H](Oc2ccc3c(cnn3-c3cccc(C(=O)NCc4cccnc4)c3)c2)C(C)NC(=O)C(C)(F)F)cn1. The fourth-order valence-corrected chi connectivity index (χ4v) is 4.55. The summed E-state index contributed by atoms with van der Waals surface area (Å²) in [6.45, 7) is 2.46. The average Bonchev–Trinajstić information content (AvgIpc) is 3.46. The Balaban J connectivity index is 1.37. The normalized spacial score (nSPS) is 12.8. The standard InChI is InChI=1S/C32H30F2N6O4/c1-20(39-31(42)32(2,33)34)29(23-9-12-28(43-3)36-18-23)44-26-10-11-27-24(15-26)19-38-40(27)25-8-4-7-22(14-25)30(41)37-17-21-6-5-13-35-16-21/h4-16,18-20,29H,17H2,1-3H3,(H,37,41)(H,39,42)/t20?,29-/m0/s1. The van der Waals surface area contributed by atoms with E-state index in [1.54, 1.807) is 78.7 Å². The molecule has 0 fully saturated rings. The number of nitrogens with one attached hydrogen (secondary N) is 2. The third-order valence-corrected chi connectivity index (χ3v) is 6.84. The van der Waals surface area contributed by atoms with Crippen molar-refractivity contribution in [3.63, 3.8) is 0 Å². The van der Waals surface area contributed by atoms with E-state index in [1.807, 2.05) is 18.2 Å². The van der Waals surface area contributed by atoms with Gasteiger partial charge in [0.05, 0.1) is 30.6 Å². The summed E-state index contributed by atoms with van der Waals surface area (Å²) in [5.41, 5.74) is 3.34. The van der Waals surface area contributed by atoms with Gasteiger partial charge in [-0.15, -0.1) is 0 Å². The number of rotatable bonds is 11. The van der Waals surface area contributed by atoms with Gasteiger partial charge in [-0.3, -0.25) is 14.6 Å². The maximum atomic E-state index is 13.6. The predicted octanol–water partition coefficient (Wildman–Crippen LogP) is 5.03. The first-order chi connectivity index (χ1) is 21.1. The maximum Gasteiger partial charge on any atom is 0.321 e. The number of ether oxygens (including phenoxy) is 2. The van der Waals surface area contributed by atoms with Crippen LogP contribution in [0.5, 0.6) is 11.6 Å². The van der Waals surface area contributed by atoms with Gasteiger partial charge in [0, 0.05) is 54.6 Å². The lowest BCUT2D eigenvalue weighted by molar-refractivity contribution is -0.144. The highest BCUT2D eigenvalue weighted by atomic mass is 19.3. The molecule has 0 aliphatic rings. The molecule has 0 bridgehead atoms. The van der Waals surface area contributed by atoms with Crippen LogP contribution in [0.15, 0.2) is 91.5 Å². The van der Waals surface area contributed by atoms with Crippen molar-refractivity contribution in [3.05, 3.63) is 108 Å². The van der Waals surface area contributed by atoms with Crippen LogP contribution in [-0.2, 0) is 11.3 Å². The zero-order chi connectivity index (χ0) is 31.3. The van der Waals surface area contributed by atoms with Crippen molar-refractivity contribution >= 4 is 22.7 Å². The van der Waals surface area contributed by atoms with Crippen LogP contribution in [-0.4, -0.2) is 50.6 Å². The molecule has 3 heterocycles. The smallest absolute Gasteiger partial charge is 0.321 e. The first-order valence-electron chi connectivity index (χ1n) is 13.7. The van der Waals surface area contributed by atoms with Crippen LogP contribution < -0.4 is 20.1 Å². The van der Waals surface area contributed by atoms with Crippen LogP contribution in [0, 0.1) is 0 Å². The van der Waals surface area contributed by atoms with Gasteiger partial charge in [-0.1, -0.05) is 12.1 Å². The molecule has 3 aromatic heterocycles. The van der Waals surface area contributed by atoms with Crippen molar-refractivity contribution in [2.75, 3.05) is 7.11 Å². The van der Waals surface area contributed by atoms with Gasteiger partial charge in [-0.05, 0) is 61.0 Å². The number of benzene rings is 2. The van der Waals surface area contributed by atoms with Gasteiger partial charge in [0.25, 0.3) is 11.8 Å². The lowest BCUT2D eigenvalue weighted by Crippen LogP contribution is -2.46. The highest BCUT2D eigenvalue weighted by Gasteiger charge is 2.35. The summed E-state index contributed by atoms with van der Waals surface area (Å²) in [5.74, 6) is -4.41. The first-order valence-corrected chi connectivity index (χ1v) is 13.7. The highest BCUT2D eigenvalue weighted by Crippen LogP contribution is 2.30. The van der Waals surface area contributed by atoms with Gasteiger partial charge in [0.2, 0.25) is 5.88 Å². The third kappa shape index (κ3) is 6.97. The molecule has 5 rings (SSSR count). The molecule has 0 spiro atoms. The average molecular weight is 601 g/mol. The molecule has 5 aromatic rings. The number of fused-ring (bicyclic) bond motifs is 1. The number of methoxy groups -OCH3 is 1. The number of nitrogens with zero attached hydrogens (tertiary/aromatic N) is 4. The monoisotopic (exact) mass is 600 g/mol. The summed E-state index contributed by atoms with van der Waals surface area (Å²) in [6, 6.07) is 18.5. The van der Waals surface area contributed by atoms with Crippen molar-refractivity contribution in [1.82, 2.24) is 30.4 Å². The van der Waals surface area contributed by atoms with E-state index in [2.05, 4.69) is 25.7 Å². The van der Waals surface area contributed by atoms with Crippen molar-refractivity contribution in [2.45, 2.75) is 38.5 Å². The van der Waals surface area contributed by atoms with Crippen molar-refractivity contribution in [3.8, 4) is 17.3 Å². The quantitative estimate of drug-likeness (QED) is 0.218. The summed E-state index contributed by atoms with van der Waals surface area (Å²) in [7, 11) is 1.48. The molecule has 0 saturated carbocycles. The molecule has 10 nitrogen and oxygen atoms in total. The molecule has 2 aromatic carbocycles. The van der Waals surface area contributed by atoms with E-state index < -0.39 is 24.0 Å². The van der Waals surface area contributed by atoms with Gasteiger partial charge in [0.1, 0.15) is 11.9 Å². The second-order valence-corrected chi connectivity index (χ2v) is 10.2. The third-order valence-electron chi connectivity index (χ3n) is 6.84. The molecule has 0 aliphatic carbocycles. The largest absolute Gasteiger partial charge is 0.484 e. The number of aromatic nitrogens is 4. The number of carbonyl (C=O) groups excluding carboxylic acids is 2. The van der Waals surface area contributed by atoms with Crippen LogP contribution in [0.3, 0.4) is 0 Å². The number of halogens is 2. The minimum atomic E-state index is -3.55. The fourth-order valence-electron chi connectivity index (χ4n) is 4.55. The number of pyridine rings is 2. The molecule has 226 valence electrons. The number of amides is 2. The summed E-state index contributed by atoms with van der Waals surface area (Å²) in [6.07, 6.45) is 5.68. The Kier molecular flexibility index (Phi) is 8.79. The molecule has 2 atom stereocenters. The van der Waals surface area contributed by atoms with E-state index in [4.69, 9.17) is 9.47 Å². The van der Waals surface area contributed by atoms with Gasteiger partial charge < -0.3 is 20.1 Å². The summed E-state index contributed by atoms with van der Waals surface area (Å²) in [5, 5.41) is 10.5. The summed E-state index contributed by atoms with van der Waals surface area (Å²) in [4.78, 5) is 33.1. The van der Waals surface area contributed by atoms with Crippen LogP contribution >= 0.6 is 0 Å². The molecular formula is C32H30F2N6O4. The second kappa shape index (κ2) is 12.9. The Bertz CT molecular complexity index is 1760. The topological polar surface area (TPSA) is 120 Å². The van der Waals surface area contributed by atoms with E-state index in [9.17, 15) is 18.4 Å². The lowest BCUT2D eigenvalue weighted by atomic mass is 10.0. The van der Waals surface area contributed by atoms with Crippen molar-refractivity contribution in [2.24, 2.45) is 0 Å². The van der Waals surface area contributed by atoms with Crippen LogP contribution in [0.25, 0.3) is 16.6 Å². The molecule has 0 saturated heterocycles. The van der Waals surface area contributed by atoms with Gasteiger partial charge in [-0.25, -0.2) is 9.67 Å². The van der Waals surface area contributed by atoms with E-state index in [-0.39, 0.29) is 5.91 Å². The number of hydrogen-bond acceptors (Lipinski definition) is 7. The first kappa shape index (κ1) is 30.1. The number of alkyl halides is 2. The minimum Gasteiger partial charge on any atom is -0.484 e. The van der Waals surface area contributed by atoms with Gasteiger partial charge >= 0.3 is 5.92 Å². The van der Waals surface area contributed by atoms with E-state index in [0.717, 1.165) is 16.5 Å². The minimum absolute atomic E-state index is 0.232. The van der Waals surface area contributed by atoms with Gasteiger partial charge in [0.15, 0.2) is 0 Å². The Morgan fingerprint density at radius 3 is 2.57 bits per heavy atom.